The van der Waals surface area contributed by atoms with E-state index in [1.807, 2.05) is 6.92 Å². The lowest BCUT2D eigenvalue weighted by Gasteiger charge is -2.12. The molecule has 1 aromatic heterocycles. The van der Waals surface area contributed by atoms with E-state index in [4.69, 9.17) is 13.9 Å². The van der Waals surface area contributed by atoms with Gasteiger partial charge in [-0.2, -0.15) is 0 Å². The molecule has 1 atom stereocenters. The third-order valence-corrected chi connectivity index (χ3v) is 4.99. The summed E-state index contributed by atoms with van der Waals surface area (Å²) in [5.74, 6) is -0.394. The van der Waals surface area contributed by atoms with Crippen molar-refractivity contribution >= 4 is 38.7 Å². The minimum atomic E-state index is -0.664. The lowest BCUT2D eigenvalue weighted by Crippen LogP contribution is -2.16. The van der Waals surface area contributed by atoms with E-state index in [9.17, 15) is 9.59 Å². The fourth-order valence-electron chi connectivity index (χ4n) is 3.05. The molecule has 2 aromatic carbocycles. The van der Waals surface area contributed by atoms with Crippen LogP contribution in [0.1, 0.15) is 40.9 Å². The standard InChI is InChI=1S/C21H19BrO5/c1-4-15(21(24)26-3)20-18(19(23)12-5-7-13(22)8-6-12)16-11-14(25-2)9-10-17(16)27-20/h5-11,15H,4H2,1-3H3. The number of methoxy groups -OCH3 is 2. The fraction of sp³-hybridized carbons (Fsp3) is 0.238. The van der Waals surface area contributed by atoms with Crippen LogP contribution in [0.3, 0.4) is 0 Å². The maximum Gasteiger partial charge on any atom is 0.316 e. The van der Waals surface area contributed by atoms with Crippen LogP contribution in [0.15, 0.2) is 51.4 Å². The molecule has 0 saturated heterocycles. The van der Waals surface area contributed by atoms with Crippen molar-refractivity contribution in [3.8, 4) is 5.75 Å². The molecule has 0 aliphatic rings. The third kappa shape index (κ3) is 3.62. The summed E-state index contributed by atoms with van der Waals surface area (Å²) in [5, 5.41) is 0.611. The van der Waals surface area contributed by atoms with E-state index in [-0.39, 0.29) is 5.78 Å². The van der Waals surface area contributed by atoms with Crippen LogP contribution in [-0.2, 0) is 9.53 Å². The van der Waals surface area contributed by atoms with Gasteiger partial charge in [-0.15, -0.1) is 0 Å². The van der Waals surface area contributed by atoms with E-state index in [0.29, 0.717) is 40.0 Å². The van der Waals surface area contributed by atoms with Crippen LogP contribution in [0.5, 0.6) is 5.75 Å². The van der Waals surface area contributed by atoms with Gasteiger partial charge in [-0.25, -0.2) is 0 Å². The van der Waals surface area contributed by atoms with Gasteiger partial charge in [-0.05, 0) is 48.9 Å². The maximum atomic E-state index is 13.3. The van der Waals surface area contributed by atoms with Gasteiger partial charge in [0.15, 0.2) is 5.78 Å². The van der Waals surface area contributed by atoms with Gasteiger partial charge < -0.3 is 13.9 Å². The molecule has 0 aliphatic carbocycles. The molecule has 0 aliphatic heterocycles. The predicted octanol–water partition coefficient (Wildman–Crippen LogP) is 5.10. The molecule has 0 spiro atoms. The van der Waals surface area contributed by atoms with Crippen molar-refractivity contribution in [1.29, 1.82) is 0 Å². The molecule has 3 aromatic rings. The van der Waals surface area contributed by atoms with Gasteiger partial charge in [0, 0.05) is 15.4 Å². The van der Waals surface area contributed by atoms with Crippen LogP contribution >= 0.6 is 15.9 Å². The van der Waals surface area contributed by atoms with Crippen LogP contribution in [0.25, 0.3) is 11.0 Å². The van der Waals surface area contributed by atoms with E-state index in [0.717, 1.165) is 4.47 Å². The van der Waals surface area contributed by atoms with Crippen molar-refractivity contribution in [2.45, 2.75) is 19.3 Å². The van der Waals surface area contributed by atoms with Gasteiger partial charge >= 0.3 is 5.97 Å². The zero-order valence-electron chi connectivity index (χ0n) is 15.2. The van der Waals surface area contributed by atoms with E-state index in [1.54, 1.807) is 49.6 Å². The van der Waals surface area contributed by atoms with E-state index in [1.165, 1.54) is 7.11 Å². The SMILES string of the molecule is CCC(C(=O)OC)c1oc2ccc(OC)cc2c1C(=O)c1ccc(Br)cc1. The smallest absolute Gasteiger partial charge is 0.316 e. The van der Waals surface area contributed by atoms with Crippen LogP contribution in [-0.4, -0.2) is 26.0 Å². The molecule has 0 N–H and O–H groups in total. The number of ether oxygens (including phenoxy) is 2. The first-order chi connectivity index (χ1) is 13.0. The molecular formula is C21H19BrO5. The summed E-state index contributed by atoms with van der Waals surface area (Å²) in [6.07, 6.45) is 0.449. The summed E-state index contributed by atoms with van der Waals surface area (Å²) in [4.78, 5) is 25.6. The molecule has 27 heavy (non-hydrogen) atoms. The number of rotatable bonds is 6. The van der Waals surface area contributed by atoms with Crippen LogP contribution in [0.2, 0.25) is 0 Å². The number of benzene rings is 2. The van der Waals surface area contributed by atoms with Crippen molar-refractivity contribution in [3.63, 3.8) is 0 Å². The Labute approximate surface area is 165 Å². The maximum absolute atomic E-state index is 13.3. The Bertz CT molecular complexity index is 988. The van der Waals surface area contributed by atoms with Crippen LogP contribution in [0.4, 0.5) is 0 Å². The Morgan fingerprint density at radius 1 is 1.11 bits per heavy atom. The minimum Gasteiger partial charge on any atom is -0.497 e. The van der Waals surface area contributed by atoms with Crippen molar-refractivity contribution in [1.82, 2.24) is 0 Å². The summed E-state index contributed by atoms with van der Waals surface area (Å²) >= 11 is 3.37. The number of carbonyl (C=O) groups excluding carboxylic acids is 2. The molecule has 0 radical (unpaired) electrons. The Morgan fingerprint density at radius 3 is 2.41 bits per heavy atom. The van der Waals surface area contributed by atoms with E-state index in [2.05, 4.69) is 15.9 Å². The first-order valence-electron chi connectivity index (χ1n) is 8.48. The number of furan rings is 1. The number of hydrogen-bond acceptors (Lipinski definition) is 5. The molecule has 0 bridgehead atoms. The average molecular weight is 431 g/mol. The van der Waals surface area contributed by atoms with Gasteiger partial charge in [0.05, 0.1) is 19.8 Å². The number of halogens is 1. The second-order valence-electron chi connectivity index (χ2n) is 6.02. The average Bonchev–Trinajstić information content (AvgIpc) is 3.06. The summed E-state index contributed by atoms with van der Waals surface area (Å²) in [6.45, 7) is 1.85. The van der Waals surface area contributed by atoms with Gasteiger partial charge in [0.2, 0.25) is 0 Å². The largest absolute Gasteiger partial charge is 0.497 e. The number of fused-ring (bicyclic) bond motifs is 1. The number of carbonyl (C=O) groups is 2. The first kappa shape index (κ1) is 19.2. The molecule has 1 heterocycles. The summed E-state index contributed by atoms with van der Waals surface area (Å²) < 4.78 is 17.0. The quantitative estimate of drug-likeness (QED) is 0.401. The monoisotopic (exact) mass is 430 g/mol. The van der Waals surface area contributed by atoms with Crippen LogP contribution in [0, 0.1) is 0 Å². The van der Waals surface area contributed by atoms with E-state index < -0.39 is 11.9 Å². The molecule has 0 amide bonds. The summed E-state index contributed by atoms with van der Waals surface area (Å²) in [6, 6.07) is 12.3. The van der Waals surface area contributed by atoms with Crippen molar-refractivity contribution in [2.24, 2.45) is 0 Å². The Morgan fingerprint density at radius 2 is 1.81 bits per heavy atom. The fourth-order valence-corrected chi connectivity index (χ4v) is 3.31. The highest BCUT2D eigenvalue weighted by atomic mass is 79.9. The van der Waals surface area contributed by atoms with Crippen molar-refractivity contribution in [3.05, 3.63) is 63.8 Å². The van der Waals surface area contributed by atoms with E-state index >= 15 is 0 Å². The molecule has 0 saturated carbocycles. The third-order valence-electron chi connectivity index (χ3n) is 4.47. The van der Waals surface area contributed by atoms with Gasteiger partial charge in [-0.1, -0.05) is 22.9 Å². The Hall–Kier alpha value is -2.60. The Balaban J connectivity index is 2.25. The van der Waals surface area contributed by atoms with Crippen molar-refractivity contribution < 1.29 is 23.5 Å². The highest BCUT2D eigenvalue weighted by molar-refractivity contribution is 9.10. The number of esters is 1. The minimum absolute atomic E-state index is 0.216. The predicted molar refractivity (Wildman–Crippen MR) is 105 cm³/mol. The first-order valence-corrected chi connectivity index (χ1v) is 9.28. The van der Waals surface area contributed by atoms with Crippen molar-refractivity contribution in [2.75, 3.05) is 14.2 Å². The zero-order chi connectivity index (χ0) is 19.6. The Kier molecular flexibility index (Phi) is 5.65. The summed E-state index contributed by atoms with van der Waals surface area (Å²) in [7, 11) is 2.88. The molecule has 1 unspecified atom stereocenters. The molecule has 0 fully saturated rings. The molecule has 6 heteroatoms. The molecular weight excluding hydrogens is 412 g/mol. The van der Waals surface area contributed by atoms with Gasteiger partial charge in [-0.3, -0.25) is 9.59 Å². The topological polar surface area (TPSA) is 65.7 Å². The molecule has 3 rings (SSSR count). The number of ketones is 1. The second-order valence-corrected chi connectivity index (χ2v) is 6.94. The van der Waals surface area contributed by atoms with Crippen LogP contribution < -0.4 is 4.74 Å². The zero-order valence-corrected chi connectivity index (χ0v) is 16.8. The van der Waals surface area contributed by atoms with Gasteiger partial charge in [0.1, 0.15) is 23.0 Å². The lowest BCUT2D eigenvalue weighted by atomic mass is 9.93. The highest BCUT2D eigenvalue weighted by Crippen LogP contribution is 2.36. The molecule has 140 valence electrons. The lowest BCUT2D eigenvalue weighted by molar-refractivity contribution is -0.142. The number of hydrogen-bond donors (Lipinski definition) is 0. The normalized spacial score (nSPS) is 12.0. The highest BCUT2D eigenvalue weighted by Gasteiger charge is 2.31. The second kappa shape index (κ2) is 7.96. The summed E-state index contributed by atoms with van der Waals surface area (Å²) in [5.41, 5.74) is 1.39. The van der Waals surface area contributed by atoms with Gasteiger partial charge in [0.25, 0.3) is 0 Å². The molecule has 5 nitrogen and oxygen atoms in total.